The van der Waals surface area contributed by atoms with E-state index in [0.29, 0.717) is 15.7 Å². The average molecular weight is 365 g/mol. The van der Waals surface area contributed by atoms with Crippen molar-refractivity contribution in [3.05, 3.63) is 45.8 Å². The first-order valence-electron chi connectivity index (χ1n) is 5.66. The quantitative estimate of drug-likeness (QED) is 0.856. The largest absolute Gasteiger partial charge is 0.325 e. The van der Waals surface area contributed by atoms with E-state index in [-0.39, 0.29) is 10.8 Å². The van der Waals surface area contributed by atoms with Crippen molar-refractivity contribution in [1.29, 1.82) is 0 Å². The first kappa shape index (κ1) is 16.3. The van der Waals surface area contributed by atoms with Crippen LogP contribution >= 0.6 is 34.5 Å². The summed E-state index contributed by atoms with van der Waals surface area (Å²) in [5.74, 6) is -0.520. The Morgan fingerprint density at radius 1 is 1.19 bits per heavy atom. The highest BCUT2D eigenvalue weighted by Crippen LogP contribution is 2.22. The highest BCUT2D eigenvalue weighted by molar-refractivity contribution is 7.91. The molecule has 9 heteroatoms. The van der Waals surface area contributed by atoms with E-state index in [1.54, 1.807) is 11.4 Å². The molecule has 0 atom stereocenters. The van der Waals surface area contributed by atoms with Crippen LogP contribution in [0.5, 0.6) is 0 Å². The lowest BCUT2D eigenvalue weighted by Gasteiger charge is -2.07. The van der Waals surface area contributed by atoms with Crippen molar-refractivity contribution in [1.82, 2.24) is 4.72 Å². The number of thiophene rings is 1. The number of benzene rings is 1. The fourth-order valence-corrected chi connectivity index (χ4v) is 4.02. The third-order valence-corrected chi connectivity index (χ3v) is 5.56. The Morgan fingerprint density at radius 3 is 2.43 bits per heavy atom. The molecule has 1 heterocycles. The number of amides is 1. The van der Waals surface area contributed by atoms with Gasteiger partial charge in [0.25, 0.3) is 10.0 Å². The number of nitrogens with one attached hydrogen (secondary N) is 2. The van der Waals surface area contributed by atoms with Crippen LogP contribution in [-0.4, -0.2) is 20.9 Å². The molecule has 2 N–H and O–H groups in total. The van der Waals surface area contributed by atoms with Crippen molar-refractivity contribution in [2.75, 3.05) is 11.9 Å². The zero-order valence-electron chi connectivity index (χ0n) is 10.5. The van der Waals surface area contributed by atoms with Crippen LogP contribution in [0.3, 0.4) is 0 Å². The molecule has 112 valence electrons. The number of hydrogen-bond donors (Lipinski definition) is 2. The number of carbonyl (C=O) groups excluding carboxylic acids is 1. The van der Waals surface area contributed by atoms with E-state index < -0.39 is 15.9 Å². The van der Waals surface area contributed by atoms with Gasteiger partial charge in [0.15, 0.2) is 0 Å². The highest BCUT2D eigenvalue weighted by Gasteiger charge is 2.16. The second-order valence-electron chi connectivity index (χ2n) is 3.96. The Kier molecular flexibility index (Phi) is 5.23. The van der Waals surface area contributed by atoms with Crippen molar-refractivity contribution >= 4 is 56.2 Å². The summed E-state index contributed by atoms with van der Waals surface area (Å²) in [6, 6.07) is 7.63. The van der Waals surface area contributed by atoms with Gasteiger partial charge < -0.3 is 5.32 Å². The van der Waals surface area contributed by atoms with Crippen molar-refractivity contribution < 1.29 is 13.2 Å². The van der Waals surface area contributed by atoms with Crippen LogP contribution in [-0.2, 0) is 14.8 Å². The molecule has 5 nitrogen and oxygen atoms in total. The normalized spacial score (nSPS) is 11.3. The summed E-state index contributed by atoms with van der Waals surface area (Å²) < 4.78 is 26.0. The lowest BCUT2D eigenvalue weighted by molar-refractivity contribution is -0.115. The fourth-order valence-electron chi connectivity index (χ4n) is 1.48. The maximum absolute atomic E-state index is 11.8. The molecule has 0 fully saturated rings. The van der Waals surface area contributed by atoms with E-state index >= 15 is 0 Å². The van der Waals surface area contributed by atoms with Crippen LogP contribution < -0.4 is 10.0 Å². The SMILES string of the molecule is O=C(CNS(=O)(=O)c1cccs1)Nc1cc(Cl)cc(Cl)c1. The second-order valence-corrected chi connectivity index (χ2v) is 7.78. The molecule has 2 aromatic rings. The summed E-state index contributed by atoms with van der Waals surface area (Å²) >= 11 is 12.7. The van der Waals surface area contributed by atoms with E-state index in [1.165, 1.54) is 24.3 Å². The number of carbonyl (C=O) groups is 1. The van der Waals surface area contributed by atoms with Gasteiger partial charge in [0.2, 0.25) is 5.91 Å². The van der Waals surface area contributed by atoms with Gasteiger partial charge in [0.1, 0.15) is 4.21 Å². The first-order valence-corrected chi connectivity index (χ1v) is 8.78. The maximum atomic E-state index is 11.8. The monoisotopic (exact) mass is 364 g/mol. The zero-order chi connectivity index (χ0) is 15.5. The van der Waals surface area contributed by atoms with Crippen LogP contribution in [0.1, 0.15) is 0 Å². The molecule has 21 heavy (non-hydrogen) atoms. The summed E-state index contributed by atoms with van der Waals surface area (Å²) in [6.07, 6.45) is 0. The lowest BCUT2D eigenvalue weighted by Crippen LogP contribution is -2.32. The molecule has 0 unspecified atom stereocenters. The van der Waals surface area contributed by atoms with E-state index in [4.69, 9.17) is 23.2 Å². The molecular weight excluding hydrogens is 355 g/mol. The molecule has 0 saturated carbocycles. The summed E-state index contributed by atoms with van der Waals surface area (Å²) in [7, 11) is -3.67. The smallest absolute Gasteiger partial charge is 0.250 e. The lowest BCUT2D eigenvalue weighted by atomic mass is 10.3. The van der Waals surface area contributed by atoms with Gasteiger partial charge in [0.05, 0.1) is 6.54 Å². The van der Waals surface area contributed by atoms with Gasteiger partial charge in [-0.3, -0.25) is 4.79 Å². The molecule has 0 aliphatic heterocycles. The molecule has 1 aromatic carbocycles. The van der Waals surface area contributed by atoms with Crippen molar-refractivity contribution in [2.24, 2.45) is 0 Å². The molecule has 0 saturated heterocycles. The predicted molar refractivity (Wildman–Crippen MR) is 84.6 cm³/mol. The van der Waals surface area contributed by atoms with E-state index in [9.17, 15) is 13.2 Å². The number of hydrogen-bond acceptors (Lipinski definition) is 4. The van der Waals surface area contributed by atoms with E-state index in [0.717, 1.165) is 11.3 Å². The third-order valence-electron chi connectivity index (χ3n) is 2.33. The van der Waals surface area contributed by atoms with Gasteiger partial charge in [-0.25, -0.2) is 13.1 Å². The van der Waals surface area contributed by atoms with Gasteiger partial charge in [-0.1, -0.05) is 29.3 Å². The minimum absolute atomic E-state index is 0.154. The summed E-state index contributed by atoms with van der Waals surface area (Å²) in [5, 5.41) is 4.90. The number of halogens is 2. The molecule has 2 rings (SSSR count). The molecule has 0 radical (unpaired) electrons. The highest BCUT2D eigenvalue weighted by atomic mass is 35.5. The molecule has 0 aliphatic carbocycles. The van der Waals surface area contributed by atoms with Gasteiger partial charge in [-0.15, -0.1) is 11.3 Å². The summed E-state index contributed by atoms with van der Waals surface area (Å²) in [5.41, 5.74) is 0.396. The summed E-state index contributed by atoms with van der Waals surface area (Å²) in [4.78, 5) is 11.7. The van der Waals surface area contributed by atoms with Gasteiger partial charge >= 0.3 is 0 Å². The Balaban J connectivity index is 1.96. The third kappa shape index (κ3) is 4.69. The van der Waals surface area contributed by atoms with Gasteiger partial charge in [-0.2, -0.15) is 0 Å². The van der Waals surface area contributed by atoms with Gasteiger partial charge in [-0.05, 0) is 29.6 Å². The summed E-state index contributed by atoms with van der Waals surface area (Å²) in [6.45, 7) is -0.385. The van der Waals surface area contributed by atoms with E-state index in [2.05, 4.69) is 10.0 Å². The number of sulfonamides is 1. The van der Waals surface area contributed by atoms with Crippen LogP contribution in [0.4, 0.5) is 5.69 Å². The Labute approximate surface area is 135 Å². The molecule has 0 aliphatic rings. The minimum atomic E-state index is -3.67. The Hall–Kier alpha value is -1.12. The van der Waals surface area contributed by atoms with Crippen molar-refractivity contribution in [3.8, 4) is 0 Å². The van der Waals surface area contributed by atoms with E-state index in [1.807, 2.05) is 0 Å². The second kappa shape index (κ2) is 6.76. The predicted octanol–water partition coefficient (Wildman–Crippen LogP) is 2.97. The standard InChI is InChI=1S/C12H10Cl2N2O3S2/c13-8-4-9(14)6-10(5-8)16-11(17)7-15-21(18,19)12-2-1-3-20-12/h1-6,15H,7H2,(H,16,17). The average Bonchev–Trinajstić information content (AvgIpc) is 2.89. The minimum Gasteiger partial charge on any atom is -0.325 e. The Bertz CT molecular complexity index is 726. The number of rotatable bonds is 5. The molecule has 0 bridgehead atoms. The van der Waals surface area contributed by atoms with Crippen LogP contribution in [0.2, 0.25) is 10.0 Å². The molecular formula is C12H10Cl2N2O3S2. The van der Waals surface area contributed by atoms with Crippen LogP contribution in [0.25, 0.3) is 0 Å². The fraction of sp³-hybridized carbons (Fsp3) is 0.0833. The zero-order valence-corrected chi connectivity index (χ0v) is 13.6. The van der Waals surface area contributed by atoms with Crippen molar-refractivity contribution in [3.63, 3.8) is 0 Å². The molecule has 1 aromatic heterocycles. The van der Waals surface area contributed by atoms with Gasteiger partial charge in [0, 0.05) is 15.7 Å². The number of anilines is 1. The maximum Gasteiger partial charge on any atom is 0.250 e. The molecule has 0 spiro atoms. The first-order chi connectivity index (χ1) is 9.87. The Morgan fingerprint density at radius 2 is 1.86 bits per heavy atom. The topological polar surface area (TPSA) is 75.3 Å². The van der Waals surface area contributed by atoms with Crippen LogP contribution in [0, 0.1) is 0 Å². The molecule has 1 amide bonds. The van der Waals surface area contributed by atoms with Crippen molar-refractivity contribution in [2.45, 2.75) is 4.21 Å². The van der Waals surface area contributed by atoms with Crippen LogP contribution in [0.15, 0.2) is 39.9 Å².